The van der Waals surface area contributed by atoms with Crippen LogP contribution in [0.1, 0.15) is 51.4 Å². The molecule has 17 heavy (non-hydrogen) atoms. The predicted molar refractivity (Wildman–Crippen MR) is 68.9 cm³/mol. The normalized spacial score (nSPS) is 37.9. The van der Waals surface area contributed by atoms with Crippen LogP contribution in [0.4, 0.5) is 0 Å². The third kappa shape index (κ3) is 2.08. The number of piperidine rings is 1. The highest BCUT2D eigenvalue weighted by Crippen LogP contribution is 2.39. The predicted octanol–water partition coefficient (Wildman–Crippen LogP) is 2.93. The molecule has 0 radical (unpaired) electrons. The van der Waals surface area contributed by atoms with Gasteiger partial charge in [-0.15, -0.1) is 0 Å². The van der Waals surface area contributed by atoms with Crippen molar-refractivity contribution in [1.29, 1.82) is 0 Å². The van der Waals surface area contributed by atoms with E-state index in [9.17, 15) is 4.79 Å². The number of Topliss-reactive ketones (excluding diaryl/α,β-unsaturated/α-hetero) is 1. The van der Waals surface area contributed by atoms with E-state index < -0.39 is 0 Å². The minimum absolute atomic E-state index is 0.341. The fourth-order valence-electron chi connectivity index (χ4n) is 3.95. The zero-order valence-corrected chi connectivity index (χ0v) is 10.8. The largest absolute Gasteiger partial charge is 0.300 e. The van der Waals surface area contributed by atoms with Crippen molar-refractivity contribution in [3.8, 4) is 0 Å². The molecule has 0 amide bonds. The Morgan fingerprint density at radius 2 is 1.94 bits per heavy atom. The average Bonchev–Trinajstić information content (AvgIpc) is 2.61. The SMILES string of the molecule is CN1C2CCC1CC(C(=O)C1=CCCCC1)C2. The molecule has 0 aromatic heterocycles. The number of hydrogen-bond donors (Lipinski definition) is 0. The zero-order chi connectivity index (χ0) is 11.8. The van der Waals surface area contributed by atoms with Crippen LogP contribution in [0.3, 0.4) is 0 Å². The van der Waals surface area contributed by atoms with Crippen LogP contribution in [-0.4, -0.2) is 29.8 Å². The number of carbonyl (C=O) groups excluding carboxylic acids is 1. The quantitative estimate of drug-likeness (QED) is 0.731. The lowest BCUT2D eigenvalue weighted by atomic mass is 9.82. The lowest BCUT2D eigenvalue weighted by Gasteiger charge is -2.36. The molecule has 2 fully saturated rings. The molecule has 2 bridgehead atoms. The van der Waals surface area contributed by atoms with Crippen LogP contribution in [0, 0.1) is 5.92 Å². The van der Waals surface area contributed by atoms with Crippen LogP contribution in [0.5, 0.6) is 0 Å². The first-order valence-electron chi connectivity index (χ1n) is 7.21. The first-order valence-corrected chi connectivity index (χ1v) is 7.21. The van der Waals surface area contributed by atoms with Crippen LogP contribution in [0.15, 0.2) is 11.6 Å². The Morgan fingerprint density at radius 1 is 1.24 bits per heavy atom. The third-order valence-corrected chi connectivity index (χ3v) is 5.08. The summed E-state index contributed by atoms with van der Waals surface area (Å²) in [5, 5.41) is 0. The maximum absolute atomic E-state index is 12.5. The number of hydrogen-bond acceptors (Lipinski definition) is 2. The van der Waals surface area contributed by atoms with E-state index in [4.69, 9.17) is 0 Å². The molecular weight excluding hydrogens is 210 g/mol. The lowest BCUT2D eigenvalue weighted by molar-refractivity contribution is -0.121. The van der Waals surface area contributed by atoms with E-state index >= 15 is 0 Å². The van der Waals surface area contributed by atoms with Crippen LogP contribution in [-0.2, 0) is 4.79 Å². The molecule has 94 valence electrons. The first-order chi connectivity index (χ1) is 8.25. The second-order valence-corrected chi connectivity index (χ2v) is 6.06. The summed E-state index contributed by atoms with van der Waals surface area (Å²) in [6, 6.07) is 1.37. The van der Waals surface area contributed by atoms with Crippen molar-refractivity contribution < 1.29 is 4.79 Å². The van der Waals surface area contributed by atoms with Gasteiger partial charge in [-0.3, -0.25) is 4.79 Å². The van der Waals surface area contributed by atoms with Crippen LogP contribution < -0.4 is 0 Å². The molecule has 2 atom stereocenters. The van der Waals surface area contributed by atoms with Crippen LogP contribution in [0.2, 0.25) is 0 Å². The van der Waals surface area contributed by atoms with E-state index in [1.165, 1.54) is 25.7 Å². The van der Waals surface area contributed by atoms with Gasteiger partial charge >= 0.3 is 0 Å². The molecular formula is C15H23NO. The van der Waals surface area contributed by atoms with Gasteiger partial charge in [0.1, 0.15) is 0 Å². The summed E-state index contributed by atoms with van der Waals surface area (Å²) in [4.78, 5) is 15.0. The Kier molecular flexibility index (Phi) is 3.08. The van der Waals surface area contributed by atoms with E-state index in [1.807, 2.05) is 0 Å². The van der Waals surface area contributed by atoms with E-state index in [0.29, 0.717) is 23.8 Å². The van der Waals surface area contributed by atoms with Gasteiger partial charge in [0, 0.05) is 18.0 Å². The standard InChI is InChI=1S/C15H23NO/c1-16-13-7-8-14(16)10-12(9-13)15(17)11-5-3-2-4-6-11/h5,12-14H,2-4,6-10H2,1H3. The number of nitrogens with zero attached hydrogens (tertiary/aromatic N) is 1. The van der Waals surface area contributed by atoms with Gasteiger partial charge in [-0.1, -0.05) is 6.08 Å². The Hall–Kier alpha value is -0.630. The number of carbonyl (C=O) groups is 1. The summed E-state index contributed by atoms with van der Waals surface area (Å²) in [6.45, 7) is 0. The Labute approximate surface area is 104 Å². The molecule has 2 saturated heterocycles. The number of fused-ring (bicyclic) bond motifs is 2. The van der Waals surface area contributed by atoms with Gasteiger partial charge in [-0.2, -0.15) is 0 Å². The smallest absolute Gasteiger partial charge is 0.161 e. The van der Waals surface area contributed by atoms with E-state index in [0.717, 1.165) is 31.3 Å². The van der Waals surface area contributed by atoms with Gasteiger partial charge in [-0.25, -0.2) is 0 Å². The van der Waals surface area contributed by atoms with Crippen LogP contribution >= 0.6 is 0 Å². The molecule has 3 rings (SSSR count). The lowest BCUT2D eigenvalue weighted by Crippen LogP contribution is -2.42. The Balaban J connectivity index is 1.69. The molecule has 2 unspecified atom stereocenters. The van der Waals surface area contributed by atoms with Gasteiger partial charge in [0.05, 0.1) is 0 Å². The molecule has 1 aliphatic carbocycles. The summed E-state index contributed by atoms with van der Waals surface area (Å²) >= 11 is 0. The highest BCUT2D eigenvalue weighted by Gasteiger charge is 2.41. The molecule has 0 spiro atoms. The summed E-state index contributed by atoms with van der Waals surface area (Å²) in [6.07, 6.45) is 11.7. The molecule has 0 saturated carbocycles. The molecule has 2 nitrogen and oxygen atoms in total. The molecule has 2 heterocycles. The van der Waals surface area contributed by atoms with Gasteiger partial charge < -0.3 is 4.90 Å². The zero-order valence-electron chi connectivity index (χ0n) is 10.8. The molecule has 2 heteroatoms. The Bertz CT molecular complexity index is 333. The minimum atomic E-state index is 0.341. The number of rotatable bonds is 2. The molecule has 3 aliphatic rings. The number of allylic oxidation sites excluding steroid dienone is 2. The molecule has 0 aromatic rings. The molecule has 2 aliphatic heterocycles. The minimum Gasteiger partial charge on any atom is -0.300 e. The maximum Gasteiger partial charge on any atom is 0.161 e. The monoisotopic (exact) mass is 233 g/mol. The van der Waals surface area contributed by atoms with Gasteiger partial charge in [0.2, 0.25) is 0 Å². The Morgan fingerprint density at radius 3 is 2.53 bits per heavy atom. The second-order valence-electron chi connectivity index (χ2n) is 6.06. The van der Waals surface area contributed by atoms with E-state index in [2.05, 4.69) is 18.0 Å². The van der Waals surface area contributed by atoms with Crippen molar-refractivity contribution in [1.82, 2.24) is 4.90 Å². The summed E-state index contributed by atoms with van der Waals surface area (Å²) in [5.41, 5.74) is 1.16. The van der Waals surface area contributed by atoms with E-state index in [-0.39, 0.29) is 0 Å². The van der Waals surface area contributed by atoms with Crippen molar-refractivity contribution in [3.05, 3.63) is 11.6 Å². The van der Waals surface area contributed by atoms with Gasteiger partial charge in [-0.05, 0) is 64.0 Å². The van der Waals surface area contributed by atoms with E-state index in [1.54, 1.807) is 0 Å². The summed E-state index contributed by atoms with van der Waals surface area (Å²) in [7, 11) is 2.24. The van der Waals surface area contributed by atoms with Crippen LogP contribution in [0.25, 0.3) is 0 Å². The van der Waals surface area contributed by atoms with Gasteiger partial charge in [0.25, 0.3) is 0 Å². The van der Waals surface area contributed by atoms with Crippen molar-refractivity contribution in [2.24, 2.45) is 5.92 Å². The van der Waals surface area contributed by atoms with Crippen molar-refractivity contribution in [2.45, 2.75) is 63.5 Å². The molecule has 0 N–H and O–H groups in total. The topological polar surface area (TPSA) is 20.3 Å². The van der Waals surface area contributed by atoms with Crippen molar-refractivity contribution in [2.75, 3.05) is 7.05 Å². The summed E-state index contributed by atoms with van der Waals surface area (Å²) < 4.78 is 0. The fraction of sp³-hybridized carbons (Fsp3) is 0.800. The summed E-state index contributed by atoms with van der Waals surface area (Å²) in [5.74, 6) is 0.836. The molecule has 0 aromatic carbocycles. The fourth-order valence-corrected chi connectivity index (χ4v) is 3.95. The first kappa shape index (κ1) is 11.5. The van der Waals surface area contributed by atoms with Crippen molar-refractivity contribution >= 4 is 5.78 Å². The highest BCUT2D eigenvalue weighted by atomic mass is 16.1. The average molecular weight is 233 g/mol. The number of ketones is 1. The maximum atomic E-state index is 12.5. The highest BCUT2D eigenvalue weighted by molar-refractivity contribution is 5.97. The second kappa shape index (κ2) is 4.56. The third-order valence-electron chi connectivity index (χ3n) is 5.08. The van der Waals surface area contributed by atoms with Crippen molar-refractivity contribution in [3.63, 3.8) is 0 Å². The van der Waals surface area contributed by atoms with Gasteiger partial charge in [0.15, 0.2) is 5.78 Å².